The number of nitrogens with zero attached hydrogens (tertiary/aromatic N) is 1. The molecule has 0 unspecified atom stereocenters. The van der Waals surface area contributed by atoms with Gasteiger partial charge in [0.1, 0.15) is 17.9 Å². The zero-order valence-electron chi connectivity index (χ0n) is 11.6. The van der Waals surface area contributed by atoms with Gasteiger partial charge < -0.3 is 15.1 Å². The van der Waals surface area contributed by atoms with Gasteiger partial charge in [-0.15, -0.1) is 30.6 Å². The van der Waals surface area contributed by atoms with Gasteiger partial charge in [-0.2, -0.15) is 0 Å². The number of hydrogen-bond acceptors (Lipinski definition) is 2. The summed E-state index contributed by atoms with van der Waals surface area (Å²) in [6.07, 6.45) is 1.80. The zero-order valence-corrected chi connectivity index (χ0v) is 13.9. The van der Waals surface area contributed by atoms with Crippen LogP contribution in [0.25, 0.3) is 11.0 Å². The van der Waals surface area contributed by atoms with Gasteiger partial charge in [0.2, 0.25) is 0 Å². The monoisotopic (exact) mass is 385 g/mol. The van der Waals surface area contributed by atoms with Gasteiger partial charge >= 0.3 is 0 Å². The molecule has 0 aliphatic carbocycles. The molecule has 1 aromatic heterocycles. The van der Waals surface area contributed by atoms with E-state index in [1.54, 1.807) is 6.08 Å². The minimum Gasteiger partial charge on any atom is -0.459 e. The lowest BCUT2D eigenvalue weighted by Crippen LogP contribution is -2.37. The smallest absolute Gasteiger partial charge is 0.191 e. The lowest BCUT2D eigenvalue weighted by Gasteiger charge is -2.08. The zero-order chi connectivity index (χ0) is 13.5. The standard InChI is InChI=1S/C15H19N3O.HI/c1-3-9-17-15(16-4-2)18-11-13-10-12-7-5-6-8-14(12)19-13;/h3,5-8,10H,1,4,9,11H2,2H3,(H2,16,17,18);1H. The summed E-state index contributed by atoms with van der Waals surface area (Å²) in [5, 5.41) is 7.43. The maximum Gasteiger partial charge on any atom is 0.191 e. The first kappa shape index (κ1) is 16.6. The van der Waals surface area contributed by atoms with Gasteiger partial charge in [-0.05, 0) is 19.1 Å². The first-order valence-corrected chi connectivity index (χ1v) is 6.44. The second-order valence-corrected chi connectivity index (χ2v) is 4.12. The molecule has 0 atom stereocenters. The predicted octanol–water partition coefficient (Wildman–Crippen LogP) is 3.29. The summed E-state index contributed by atoms with van der Waals surface area (Å²) in [6.45, 7) is 7.73. The van der Waals surface area contributed by atoms with Crippen LogP contribution in [0.2, 0.25) is 0 Å². The van der Waals surface area contributed by atoms with Crippen LogP contribution in [-0.2, 0) is 6.54 Å². The van der Waals surface area contributed by atoms with E-state index in [0.29, 0.717) is 13.1 Å². The molecule has 20 heavy (non-hydrogen) atoms. The van der Waals surface area contributed by atoms with Gasteiger partial charge in [-0.25, -0.2) is 4.99 Å². The van der Waals surface area contributed by atoms with Crippen LogP contribution in [0.5, 0.6) is 0 Å². The number of hydrogen-bond donors (Lipinski definition) is 2. The number of fused-ring (bicyclic) bond motifs is 1. The Morgan fingerprint density at radius 2 is 2.15 bits per heavy atom. The van der Waals surface area contributed by atoms with Crippen LogP contribution >= 0.6 is 24.0 Å². The first-order chi connectivity index (χ1) is 9.33. The fraction of sp³-hybridized carbons (Fsp3) is 0.267. The average molecular weight is 385 g/mol. The number of nitrogens with one attached hydrogen (secondary N) is 2. The third kappa shape index (κ3) is 4.56. The highest BCUT2D eigenvalue weighted by molar-refractivity contribution is 14.0. The third-order valence-corrected chi connectivity index (χ3v) is 2.63. The van der Waals surface area contributed by atoms with Crippen molar-refractivity contribution in [2.75, 3.05) is 13.1 Å². The molecule has 1 aromatic carbocycles. The van der Waals surface area contributed by atoms with Gasteiger partial charge in [0.05, 0.1) is 0 Å². The summed E-state index contributed by atoms with van der Waals surface area (Å²) in [6, 6.07) is 9.99. The van der Waals surface area contributed by atoms with Gasteiger partial charge in [-0.1, -0.05) is 24.3 Å². The van der Waals surface area contributed by atoms with Crippen molar-refractivity contribution in [2.24, 2.45) is 4.99 Å². The van der Waals surface area contributed by atoms with Crippen molar-refractivity contribution in [3.8, 4) is 0 Å². The second-order valence-electron chi connectivity index (χ2n) is 4.12. The topological polar surface area (TPSA) is 49.6 Å². The molecule has 2 aromatic rings. The SMILES string of the molecule is C=CCNC(=NCc1cc2ccccc2o1)NCC.I. The van der Waals surface area contributed by atoms with Gasteiger partial charge in [0.15, 0.2) is 5.96 Å². The third-order valence-electron chi connectivity index (χ3n) is 2.63. The highest BCUT2D eigenvalue weighted by Gasteiger charge is 2.02. The van der Waals surface area contributed by atoms with E-state index in [9.17, 15) is 0 Å². The number of aliphatic imine (C=N–C) groups is 1. The van der Waals surface area contributed by atoms with Crippen molar-refractivity contribution in [1.82, 2.24) is 10.6 Å². The summed E-state index contributed by atoms with van der Waals surface area (Å²) in [7, 11) is 0. The summed E-state index contributed by atoms with van der Waals surface area (Å²) in [5.74, 6) is 1.62. The molecule has 1 heterocycles. The fourth-order valence-corrected chi connectivity index (χ4v) is 1.78. The Balaban J connectivity index is 0.00000200. The molecular formula is C15H20IN3O. The van der Waals surface area contributed by atoms with E-state index in [1.807, 2.05) is 37.3 Å². The van der Waals surface area contributed by atoms with E-state index in [1.165, 1.54) is 0 Å². The molecule has 2 rings (SSSR count). The van der Waals surface area contributed by atoms with E-state index in [-0.39, 0.29) is 24.0 Å². The minimum atomic E-state index is 0. The van der Waals surface area contributed by atoms with Crippen LogP contribution in [0.3, 0.4) is 0 Å². The highest BCUT2D eigenvalue weighted by atomic mass is 127. The number of para-hydroxylation sites is 1. The van der Waals surface area contributed by atoms with Gasteiger partial charge in [0.25, 0.3) is 0 Å². The molecule has 4 nitrogen and oxygen atoms in total. The maximum absolute atomic E-state index is 5.72. The molecule has 0 bridgehead atoms. The summed E-state index contributed by atoms with van der Waals surface area (Å²) in [4.78, 5) is 4.47. The maximum atomic E-state index is 5.72. The quantitative estimate of drug-likeness (QED) is 0.360. The second kappa shape index (κ2) is 8.63. The molecule has 0 fully saturated rings. The summed E-state index contributed by atoms with van der Waals surface area (Å²) in [5.41, 5.74) is 0.900. The molecule has 0 radical (unpaired) electrons. The Hall–Kier alpha value is -1.50. The number of rotatable bonds is 5. The number of furan rings is 1. The molecule has 5 heteroatoms. The number of benzene rings is 1. The van der Waals surface area contributed by atoms with Crippen molar-refractivity contribution in [3.05, 3.63) is 48.7 Å². The van der Waals surface area contributed by atoms with E-state index < -0.39 is 0 Å². The van der Waals surface area contributed by atoms with Crippen LogP contribution in [0.4, 0.5) is 0 Å². The lowest BCUT2D eigenvalue weighted by atomic mass is 10.2. The Kier molecular flexibility index (Phi) is 7.14. The molecule has 0 saturated heterocycles. The molecule has 2 N–H and O–H groups in total. The van der Waals surface area contributed by atoms with Gasteiger partial charge in [-0.3, -0.25) is 0 Å². The van der Waals surface area contributed by atoms with Crippen LogP contribution in [0, 0.1) is 0 Å². The Bertz CT molecular complexity index is 544. The van der Waals surface area contributed by atoms with E-state index in [0.717, 1.165) is 29.2 Å². The molecule has 0 amide bonds. The summed E-state index contributed by atoms with van der Waals surface area (Å²) < 4.78 is 5.72. The minimum absolute atomic E-state index is 0. The van der Waals surface area contributed by atoms with Crippen LogP contribution in [-0.4, -0.2) is 19.0 Å². The van der Waals surface area contributed by atoms with Crippen LogP contribution < -0.4 is 10.6 Å². The fourth-order valence-electron chi connectivity index (χ4n) is 1.78. The lowest BCUT2D eigenvalue weighted by molar-refractivity contribution is 0.552. The Labute approximate surface area is 136 Å². The van der Waals surface area contributed by atoms with Crippen molar-refractivity contribution in [1.29, 1.82) is 0 Å². The molecule has 0 aliphatic heterocycles. The Morgan fingerprint density at radius 3 is 2.85 bits per heavy atom. The van der Waals surface area contributed by atoms with E-state index in [4.69, 9.17) is 4.42 Å². The van der Waals surface area contributed by atoms with Gasteiger partial charge in [0, 0.05) is 18.5 Å². The molecule has 0 aliphatic rings. The van der Waals surface area contributed by atoms with Crippen LogP contribution in [0.1, 0.15) is 12.7 Å². The average Bonchev–Trinajstić information content (AvgIpc) is 2.84. The molecule has 0 spiro atoms. The van der Waals surface area contributed by atoms with E-state index in [2.05, 4.69) is 22.2 Å². The van der Waals surface area contributed by atoms with Crippen molar-refractivity contribution < 1.29 is 4.42 Å². The first-order valence-electron chi connectivity index (χ1n) is 6.44. The highest BCUT2D eigenvalue weighted by Crippen LogP contribution is 2.19. The van der Waals surface area contributed by atoms with E-state index >= 15 is 0 Å². The molecule has 108 valence electrons. The largest absolute Gasteiger partial charge is 0.459 e. The normalized spacial score (nSPS) is 10.9. The number of guanidine groups is 1. The summed E-state index contributed by atoms with van der Waals surface area (Å²) >= 11 is 0. The molecular weight excluding hydrogens is 365 g/mol. The number of halogens is 1. The van der Waals surface area contributed by atoms with Crippen molar-refractivity contribution in [2.45, 2.75) is 13.5 Å². The molecule has 0 saturated carbocycles. The predicted molar refractivity (Wildman–Crippen MR) is 94.6 cm³/mol. The van der Waals surface area contributed by atoms with Crippen molar-refractivity contribution in [3.63, 3.8) is 0 Å². The van der Waals surface area contributed by atoms with Crippen molar-refractivity contribution >= 4 is 40.9 Å². The Morgan fingerprint density at radius 1 is 1.35 bits per heavy atom. The van der Waals surface area contributed by atoms with Crippen LogP contribution in [0.15, 0.2) is 52.4 Å².